The molecule has 1 aliphatic heterocycles. The first-order valence-corrected chi connectivity index (χ1v) is 5.38. The third-order valence-electron chi connectivity index (χ3n) is 3.05. The molecule has 16 heavy (non-hydrogen) atoms. The summed E-state index contributed by atoms with van der Waals surface area (Å²) in [5.41, 5.74) is 4.34. The quantitative estimate of drug-likeness (QED) is 0.713. The number of amides is 2. The molecule has 2 rings (SSSR count). The topological polar surface area (TPSA) is 87.2 Å². The average molecular weight is 220 g/mol. The SMILES string of the molecule is N#CC1(CC(N)=O)CN(C(=O)[CH]C2CC2)C1. The van der Waals surface area contributed by atoms with Crippen LogP contribution in [0.2, 0.25) is 0 Å². The van der Waals surface area contributed by atoms with Crippen molar-refractivity contribution in [2.45, 2.75) is 19.3 Å². The summed E-state index contributed by atoms with van der Waals surface area (Å²) >= 11 is 0. The Kier molecular flexibility index (Phi) is 2.58. The predicted molar refractivity (Wildman–Crippen MR) is 55.5 cm³/mol. The lowest BCUT2D eigenvalue weighted by Crippen LogP contribution is -2.59. The van der Waals surface area contributed by atoms with Crippen LogP contribution in [0.25, 0.3) is 0 Å². The molecule has 1 heterocycles. The summed E-state index contributed by atoms with van der Waals surface area (Å²) in [6.07, 6.45) is 3.93. The van der Waals surface area contributed by atoms with Crippen molar-refractivity contribution in [3.05, 3.63) is 6.42 Å². The maximum atomic E-state index is 11.6. The Bertz CT molecular complexity index is 362. The average Bonchev–Trinajstić information content (AvgIpc) is 2.93. The lowest BCUT2D eigenvalue weighted by Gasteiger charge is -2.45. The zero-order chi connectivity index (χ0) is 11.8. The molecular weight excluding hydrogens is 206 g/mol. The van der Waals surface area contributed by atoms with E-state index in [1.165, 1.54) is 0 Å². The van der Waals surface area contributed by atoms with Crippen LogP contribution in [-0.2, 0) is 9.59 Å². The predicted octanol–water partition coefficient (Wildman–Crippen LogP) is -0.172. The van der Waals surface area contributed by atoms with E-state index in [0.717, 1.165) is 12.8 Å². The van der Waals surface area contributed by atoms with Crippen LogP contribution < -0.4 is 5.73 Å². The number of primary amides is 1. The van der Waals surface area contributed by atoms with Gasteiger partial charge in [-0.05, 0) is 18.8 Å². The van der Waals surface area contributed by atoms with Crippen LogP contribution in [0.5, 0.6) is 0 Å². The fourth-order valence-corrected chi connectivity index (χ4v) is 1.97. The van der Waals surface area contributed by atoms with Gasteiger partial charge in [0.15, 0.2) is 0 Å². The van der Waals surface area contributed by atoms with Crippen LogP contribution in [0.4, 0.5) is 0 Å². The summed E-state index contributed by atoms with van der Waals surface area (Å²) in [7, 11) is 0. The largest absolute Gasteiger partial charge is 0.370 e. The van der Waals surface area contributed by atoms with Crippen molar-refractivity contribution in [1.82, 2.24) is 4.90 Å². The Balaban J connectivity index is 1.84. The van der Waals surface area contributed by atoms with Crippen molar-refractivity contribution < 1.29 is 9.59 Å². The minimum atomic E-state index is -0.737. The second-order valence-electron chi connectivity index (χ2n) is 4.73. The molecule has 2 aliphatic rings. The van der Waals surface area contributed by atoms with Crippen LogP contribution in [-0.4, -0.2) is 29.8 Å². The molecule has 0 aromatic heterocycles. The van der Waals surface area contributed by atoms with E-state index in [-0.39, 0.29) is 12.3 Å². The number of hydrogen-bond donors (Lipinski definition) is 1. The monoisotopic (exact) mass is 220 g/mol. The maximum absolute atomic E-state index is 11.6. The molecule has 0 atom stereocenters. The summed E-state index contributed by atoms with van der Waals surface area (Å²) in [5, 5.41) is 8.97. The Hall–Kier alpha value is -1.57. The molecule has 0 aromatic carbocycles. The van der Waals surface area contributed by atoms with E-state index < -0.39 is 11.3 Å². The van der Waals surface area contributed by atoms with Gasteiger partial charge in [0.05, 0.1) is 12.5 Å². The number of nitriles is 1. The van der Waals surface area contributed by atoms with Crippen LogP contribution in [0.3, 0.4) is 0 Å². The van der Waals surface area contributed by atoms with Crippen molar-refractivity contribution in [1.29, 1.82) is 5.26 Å². The van der Waals surface area contributed by atoms with Gasteiger partial charge in [-0.3, -0.25) is 9.59 Å². The molecule has 1 radical (unpaired) electrons. The summed E-state index contributed by atoms with van der Waals surface area (Å²) in [6, 6.07) is 2.09. The highest BCUT2D eigenvalue weighted by atomic mass is 16.2. The van der Waals surface area contributed by atoms with Gasteiger partial charge in [-0.25, -0.2) is 0 Å². The summed E-state index contributed by atoms with van der Waals surface area (Å²) in [6.45, 7) is 0.656. The van der Waals surface area contributed by atoms with Gasteiger partial charge in [-0.1, -0.05) is 0 Å². The van der Waals surface area contributed by atoms with E-state index in [2.05, 4.69) is 6.07 Å². The lowest BCUT2D eigenvalue weighted by atomic mass is 9.78. The molecule has 1 saturated carbocycles. The zero-order valence-electron chi connectivity index (χ0n) is 8.98. The molecule has 5 heteroatoms. The summed E-state index contributed by atoms with van der Waals surface area (Å²) in [5.74, 6) is -0.0709. The minimum absolute atomic E-state index is 0.0159. The number of carbonyl (C=O) groups is 2. The molecule has 0 bridgehead atoms. The number of rotatable bonds is 4. The first-order valence-electron chi connectivity index (χ1n) is 5.38. The van der Waals surface area contributed by atoms with Crippen molar-refractivity contribution in [2.24, 2.45) is 17.1 Å². The fraction of sp³-hybridized carbons (Fsp3) is 0.636. The number of hydrogen-bond acceptors (Lipinski definition) is 3. The normalized spacial score (nSPS) is 22.1. The number of nitrogens with zero attached hydrogens (tertiary/aromatic N) is 2. The van der Waals surface area contributed by atoms with E-state index in [4.69, 9.17) is 11.0 Å². The fourth-order valence-electron chi connectivity index (χ4n) is 1.97. The molecule has 85 valence electrons. The van der Waals surface area contributed by atoms with Crippen LogP contribution in [0, 0.1) is 29.1 Å². The van der Waals surface area contributed by atoms with Gasteiger partial charge in [0, 0.05) is 19.5 Å². The van der Waals surface area contributed by atoms with E-state index >= 15 is 0 Å². The van der Waals surface area contributed by atoms with Crippen LogP contribution in [0.15, 0.2) is 0 Å². The van der Waals surface area contributed by atoms with Crippen molar-refractivity contribution in [3.8, 4) is 6.07 Å². The third kappa shape index (κ3) is 2.16. The Morgan fingerprint density at radius 1 is 1.50 bits per heavy atom. The minimum Gasteiger partial charge on any atom is -0.370 e. The Labute approximate surface area is 94.2 Å². The van der Waals surface area contributed by atoms with Gasteiger partial charge in [-0.2, -0.15) is 5.26 Å². The highest BCUT2D eigenvalue weighted by Crippen LogP contribution is 2.37. The van der Waals surface area contributed by atoms with Gasteiger partial charge < -0.3 is 10.6 Å². The standard InChI is InChI=1S/C11H14N3O2/c12-5-11(4-9(13)15)6-14(7-11)10(16)3-8-1-2-8/h3,8H,1-2,4,6-7H2,(H2,13,15). The van der Waals surface area contributed by atoms with E-state index in [1.54, 1.807) is 11.3 Å². The van der Waals surface area contributed by atoms with Gasteiger partial charge in [0.2, 0.25) is 11.8 Å². The van der Waals surface area contributed by atoms with Crippen LogP contribution in [0.1, 0.15) is 19.3 Å². The summed E-state index contributed by atoms with van der Waals surface area (Å²) < 4.78 is 0. The first kappa shape index (κ1) is 10.9. The van der Waals surface area contributed by atoms with Gasteiger partial charge in [-0.15, -0.1) is 0 Å². The highest BCUT2D eigenvalue weighted by molar-refractivity contribution is 5.87. The number of nitrogens with two attached hydrogens (primary N) is 1. The molecule has 2 N–H and O–H groups in total. The second-order valence-corrected chi connectivity index (χ2v) is 4.73. The molecule has 1 saturated heterocycles. The van der Waals surface area contributed by atoms with E-state index in [1.807, 2.05) is 0 Å². The molecule has 0 unspecified atom stereocenters. The Morgan fingerprint density at radius 2 is 2.12 bits per heavy atom. The molecular formula is C11H14N3O2. The number of carbonyl (C=O) groups excluding carboxylic acids is 2. The van der Waals surface area contributed by atoms with Gasteiger partial charge >= 0.3 is 0 Å². The summed E-state index contributed by atoms with van der Waals surface area (Å²) in [4.78, 5) is 24.0. The molecule has 2 amide bonds. The highest BCUT2D eigenvalue weighted by Gasteiger charge is 2.47. The lowest BCUT2D eigenvalue weighted by molar-refractivity contribution is -0.139. The van der Waals surface area contributed by atoms with Crippen molar-refractivity contribution in [2.75, 3.05) is 13.1 Å². The molecule has 0 aromatic rings. The third-order valence-corrected chi connectivity index (χ3v) is 3.05. The zero-order valence-corrected chi connectivity index (χ0v) is 8.98. The van der Waals surface area contributed by atoms with Crippen LogP contribution >= 0.6 is 0 Å². The Morgan fingerprint density at radius 3 is 2.56 bits per heavy atom. The maximum Gasteiger partial charge on any atom is 0.226 e. The first-order chi connectivity index (χ1) is 7.54. The number of likely N-dealkylation sites (tertiary alicyclic amines) is 1. The molecule has 2 fully saturated rings. The van der Waals surface area contributed by atoms with Gasteiger partial charge in [0.25, 0.3) is 0 Å². The van der Waals surface area contributed by atoms with E-state index in [0.29, 0.717) is 19.0 Å². The van der Waals surface area contributed by atoms with Gasteiger partial charge in [0.1, 0.15) is 5.41 Å². The molecule has 5 nitrogen and oxygen atoms in total. The van der Waals surface area contributed by atoms with Crippen molar-refractivity contribution in [3.63, 3.8) is 0 Å². The van der Waals surface area contributed by atoms with Crippen molar-refractivity contribution >= 4 is 11.8 Å². The van der Waals surface area contributed by atoms with E-state index in [9.17, 15) is 9.59 Å². The smallest absolute Gasteiger partial charge is 0.226 e. The molecule has 1 aliphatic carbocycles. The second kappa shape index (κ2) is 3.78. The molecule has 0 spiro atoms.